The summed E-state index contributed by atoms with van der Waals surface area (Å²) in [5.41, 5.74) is 3.22. The second kappa shape index (κ2) is 8.35. The molecule has 0 radical (unpaired) electrons. The second-order valence-corrected chi connectivity index (χ2v) is 7.06. The lowest BCUT2D eigenvalue weighted by Gasteiger charge is -2.23. The third-order valence-corrected chi connectivity index (χ3v) is 4.98. The van der Waals surface area contributed by atoms with Crippen molar-refractivity contribution >= 4 is 5.91 Å². The van der Waals surface area contributed by atoms with Crippen molar-refractivity contribution in [2.75, 3.05) is 13.1 Å². The topological polar surface area (TPSA) is 59.0 Å². The highest BCUT2D eigenvalue weighted by molar-refractivity contribution is 5.81. The lowest BCUT2D eigenvalue weighted by Crippen LogP contribution is -2.43. The molecule has 1 saturated heterocycles. The van der Waals surface area contributed by atoms with E-state index in [1.54, 1.807) is 16.8 Å². The molecule has 4 rings (SSSR count). The zero-order chi connectivity index (χ0) is 19.3. The highest BCUT2D eigenvalue weighted by Crippen LogP contribution is 2.24. The molecule has 5 nitrogen and oxygen atoms in total. The van der Waals surface area contributed by atoms with E-state index in [1.807, 2.05) is 36.5 Å². The summed E-state index contributed by atoms with van der Waals surface area (Å²) < 4.78 is 15.1. The first-order valence-electron chi connectivity index (χ1n) is 9.59. The van der Waals surface area contributed by atoms with Crippen LogP contribution < -0.4 is 10.6 Å². The van der Waals surface area contributed by atoms with E-state index < -0.39 is 0 Å². The molecule has 2 N–H and O–H groups in total. The lowest BCUT2D eigenvalue weighted by atomic mass is 10.0. The fraction of sp³-hybridized carbons (Fsp3) is 0.273. The number of piperidine rings is 1. The molecular weight excluding hydrogens is 355 g/mol. The van der Waals surface area contributed by atoms with Crippen LogP contribution in [0.3, 0.4) is 0 Å². The Labute approximate surface area is 163 Å². The Balaban J connectivity index is 1.61. The second-order valence-electron chi connectivity index (χ2n) is 7.06. The van der Waals surface area contributed by atoms with Gasteiger partial charge in [-0.2, -0.15) is 5.10 Å². The molecule has 1 aromatic heterocycles. The van der Waals surface area contributed by atoms with Crippen LogP contribution in [0.4, 0.5) is 4.39 Å². The first-order valence-corrected chi connectivity index (χ1v) is 9.59. The van der Waals surface area contributed by atoms with Crippen LogP contribution in [0.2, 0.25) is 0 Å². The highest BCUT2D eigenvalue weighted by atomic mass is 19.1. The minimum atomic E-state index is -0.295. The van der Waals surface area contributed by atoms with Gasteiger partial charge in [-0.3, -0.25) is 4.79 Å². The summed E-state index contributed by atoms with van der Waals surface area (Å²) in [5, 5.41) is 11.1. The van der Waals surface area contributed by atoms with Gasteiger partial charge in [0.05, 0.1) is 17.8 Å². The van der Waals surface area contributed by atoms with Crippen molar-refractivity contribution in [1.29, 1.82) is 0 Å². The van der Waals surface area contributed by atoms with Gasteiger partial charge in [0.15, 0.2) is 0 Å². The molecule has 2 aromatic carbocycles. The minimum absolute atomic E-state index is 0.0112. The van der Waals surface area contributed by atoms with Crippen LogP contribution in [0, 0.1) is 5.82 Å². The molecule has 6 heteroatoms. The number of aromatic nitrogens is 2. The molecule has 1 aliphatic rings. The molecule has 1 amide bonds. The fourth-order valence-electron chi connectivity index (χ4n) is 3.52. The number of hydrogen-bond acceptors (Lipinski definition) is 3. The van der Waals surface area contributed by atoms with Crippen LogP contribution >= 0.6 is 0 Å². The number of rotatable bonds is 5. The van der Waals surface area contributed by atoms with Crippen LogP contribution in [-0.2, 0) is 11.2 Å². The van der Waals surface area contributed by atoms with Gasteiger partial charge >= 0.3 is 0 Å². The van der Waals surface area contributed by atoms with Crippen molar-refractivity contribution < 1.29 is 9.18 Å². The number of amides is 1. The number of nitrogens with one attached hydrogen (secondary N) is 2. The van der Waals surface area contributed by atoms with E-state index in [1.165, 1.54) is 12.1 Å². The maximum atomic E-state index is 13.3. The Bertz CT molecular complexity index is 931. The van der Waals surface area contributed by atoms with Crippen molar-refractivity contribution in [2.45, 2.75) is 25.3 Å². The van der Waals surface area contributed by atoms with Crippen molar-refractivity contribution in [3.05, 3.63) is 72.2 Å². The van der Waals surface area contributed by atoms with Crippen LogP contribution in [0.5, 0.6) is 0 Å². The van der Waals surface area contributed by atoms with E-state index in [2.05, 4.69) is 15.7 Å². The Hall–Kier alpha value is -2.99. The van der Waals surface area contributed by atoms with Crippen molar-refractivity contribution in [2.24, 2.45) is 0 Å². The number of para-hydroxylation sites is 1. The Morgan fingerprint density at radius 2 is 1.82 bits per heavy atom. The zero-order valence-corrected chi connectivity index (χ0v) is 15.6. The Morgan fingerprint density at radius 3 is 2.54 bits per heavy atom. The van der Waals surface area contributed by atoms with E-state index >= 15 is 0 Å². The molecule has 0 spiro atoms. The molecule has 144 valence electrons. The molecule has 0 unspecified atom stereocenters. The summed E-state index contributed by atoms with van der Waals surface area (Å²) in [6, 6.07) is 16.2. The average molecular weight is 378 g/mol. The number of benzene rings is 2. The van der Waals surface area contributed by atoms with E-state index in [-0.39, 0.29) is 24.2 Å². The number of carbonyl (C=O) groups is 1. The van der Waals surface area contributed by atoms with Gasteiger partial charge in [0, 0.05) is 23.4 Å². The minimum Gasteiger partial charge on any atom is -0.353 e. The van der Waals surface area contributed by atoms with Gasteiger partial charge in [-0.25, -0.2) is 9.07 Å². The third kappa shape index (κ3) is 4.28. The van der Waals surface area contributed by atoms with Crippen LogP contribution in [0.25, 0.3) is 16.9 Å². The average Bonchev–Trinajstić information content (AvgIpc) is 3.13. The normalized spacial score (nSPS) is 14.8. The molecule has 0 bridgehead atoms. The molecule has 0 atom stereocenters. The largest absolute Gasteiger partial charge is 0.353 e. The molecule has 28 heavy (non-hydrogen) atoms. The van der Waals surface area contributed by atoms with E-state index in [0.717, 1.165) is 42.7 Å². The van der Waals surface area contributed by atoms with Gasteiger partial charge in [-0.15, -0.1) is 0 Å². The summed E-state index contributed by atoms with van der Waals surface area (Å²) in [7, 11) is 0. The maximum Gasteiger partial charge on any atom is 0.224 e. The predicted molar refractivity (Wildman–Crippen MR) is 107 cm³/mol. The van der Waals surface area contributed by atoms with Gasteiger partial charge in [0.2, 0.25) is 5.91 Å². The zero-order valence-electron chi connectivity index (χ0n) is 15.6. The summed E-state index contributed by atoms with van der Waals surface area (Å²) >= 11 is 0. The van der Waals surface area contributed by atoms with Gasteiger partial charge in [-0.1, -0.05) is 18.2 Å². The molecule has 0 aliphatic carbocycles. The fourth-order valence-corrected chi connectivity index (χ4v) is 3.52. The van der Waals surface area contributed by atoms with Crippen molar-refractivity contribution in [1.82, 2.24) is 20.4 Å². The summed E-state index contributed by atoms with van der Waals surface area (Å²) in [6.07, 6.45) is 4.01. The smallest absolute Gasteiger partial charge is 0.224 e. The number of halogens is 1. The van der Waals surface area contributed by atoms with Gasteiger partial charge in [0.25, 0.3) is 0 Å². The SMILES string of the molecule is O=C(Cc1cn(-c2ccccc2)nc1-c1ccc(F)cc1)NC1CCNCC1. The first kappa shape index (κ1) is 18.4. The van der Waals surface area contributed by atoms with E-state index in [0.29, 0.717) is 5.69 Å². The molecule has 1 fully saturated rings. The molecule has 3 aromatic rings. The van der Waals surface area contributed by atoms with Gasteiger partial charge in [0.1, 0.15) is 5.82 Å². The maximum absolute atomic E-state index is 13.3. The number of carbonyl (C=O) groups excluding carboxylic acids is 1. The summed E-state index contributed by atoms with van der Waals surface area (Å²) in [6.45, 7) is 1.86. The number of nitrogens with zero attached hydrogens (tertiary/aromatic N) is 2. The Morgan fingerprint density at radius 1 is 1.11 bits per heavy atom. The van der Waals surface area contributed by atoms with Gasteiger partial charge in [-0.05, 0) is 62.3 Å². The van der Waals surface area contributed by atoms with Crippen LogP contribution in [0.15, 0.2) is 60.8 Å². The van der Waals surface area contributed by atoms with Crippen molar-refractivity contribution in [3.63, 3.8) is 0 Å². The summed E-state index contributed by atoms with van der Waals surface area (Å²) in [5.74, 6) is -0.306. The van der Waals surface area contributed by atoms with Crippen molar-refractivity contribution in [3.8, 4) is 16.9 Å². The molecular formula is C22H23FN4O. The highest BCUT2D eigenvalue weighted by Gasteiger charge is 2.19. The molecule has 1 aliphatic heterocycles. The Kier molecular flexibility index (Phi) is 5.48. The van der Waals surface area contributed by atoms with Gasteiger partial charge < -0.3 is 10.6 Å². The van der Waals surface area contributed by atoms with Crippen LogP contribution in [0.1, 0.15) is 18.4 Å². The monoisotopic (exact) mass is 378 g/mol. The number of hydrogen-bond donors (Lipinski definition) is 2. The molecule has 0 saturated carbocycles. The standard InChI is InChI=1S/C22H23FN4O/c23-18-8-6-16(7-9-18)22-17(14-21(28)25-19-10-12-24-13-11-19)15-27(26-22)20-4-2-1-3-5-20/h1-9,15,19,24H,10-14H2,(H,25,28). The summed E-state index contributed by atoms with van der Waals surface area (Å²) in [4.78, 5) is 12.6. The first-order chi connectivity index (χ1) is 13.7. The third-order valence-electron chi connectivity index (χ3n) is 4.98. The van der Waals surface area contributed by atoms with E-state index in [4.69, 9.17) is 0 Å². The lowest BCUT2D eigenvalue weighted by molar-refractivity contribution is -0.121. The van der Waals surface area contributed by atoms with E-state index in [9.17, 15) is 9.18 Å². The predicted octanol–water partition coefficient (Wildman–Crippen LogP) is 3.09. The molecule has 2 heterocycles. The quantitative estimate of drug-likeness (QED) is 0.717. The van der Waals surface area contributed by atoms with Crippen LogP contribution in [-0.4, -0.2) is 34.8 Å².